The van der Waals surface area contributed by atoms with E-state index in [4.69, 9.17) is 5.73 Å². The molecule has 0 aromatic heterocycles. The molecule has 0 bridgehead atoms. The molecule has 0 aromatic rings. The molecule has 0 heterocycles. The number of unbranched alkanes of at least 4 members (excludes halogenated alkanes) is 27. The maximum atomic E-state index is 5.89. The van der Waals surface area contributed by atoms with E-state index < -0.39 is 0 Å². The molecule has 2 N–H and O–H groups in total. The number of hydrogen-bond acceptors (Lipinski definition) is 1. The molecule has 0 aromatic carbocycles. The van der Waals surface area contributed by atoms with Crippen molar-refractivity contribution in [2.24, 2.45) is 5.73 Å². The lowest BCUT2D eigenvalue weighted by Gasteiger charge is -2.35. The normalized spacial score (nSPS) is 13.2. The number of nitrogens with zero attached hydrogens (tertiary/aromatic N) is 1. The minimum absolute atomic E-state index is 0.853. The zero-order chi connectivity index (χ0) is 28.5. The van der Waals surface area contributed by atoms with Crippen LogP contribution in [0.1, 0.15) is 206 Å². The van der Waals surface area contributed by atoms with Gasteiger partial charge in [-0.15, -0.1) is 0 Å². The average molecular weight is 552 g/mol. The second-order valence-electron chi connectivity index (χ2n) is 13.5. The molecule has 0 saturated carbocycles. The van der Waals surface area contributed by atoms with Gasteiger partial charge in [0.05, 0.1) is 26.7 Å². The largest absolute Gasteiger partial charge is 0.330 e. The number of nitrogens with two attached hydrogens (primary N) is 1. The second kappa shape index (κ2) is 32.4. The molecule has 236 valence electrons. The fraction of sp³-hybridized carbons (Fsp3) is 1.00. The number of hydrogen-bond donors (Lipinski definition) is 1. The molecule has 0 aliphatic heterocycles. The Balaban J connectivity index is 3.59. The second-order valence-corrected chi connectivity index (χ2v) is 13.5. The lowest BCUT2D eigenvalue weighted by atomic mass is 10.0. The summed E-state index contributed by atoms with van der Waals surface area (Å²) in [6.45, 7) is 9.50. The highest BCUT2D eigenvalue weighted by molar-refractivity contribution is 4.53. The molecule has 0 amide bonds. The molecule has 0 fully saturated rings. The molecule has 2 heteroatoms. The van der Waals surface area contributed by atoms with Crippen LogP contribution >= 0.6 is 0 Å². The van der Waals surface area contributed by atoms with Crippen molar-refractivity contribution >= 4 is 0 Å². The molecule has 0 saturated heterocycles. The van der Waals surface area contributed by atoms with E-state index in [1.54, 1.807) is 0 Å². The first-order chi connectivity index (χ1) is 19.2. The molecule has 2 nitrogen and oxygen atoms in total. The highest BCUT2D eigenvalue weighted by atomic mass is 15.3. The van der Waals surface area contributed by atoms with E-state index >= 15 is 0 Å². The summed E-state index contributed by atoms with van der Waals surface area (Å²) in [6, 6.07) is 0. The monoisotopic (exact) mass is 552 g/mol. The van der Waals surface area contributed by atoms with Crippen molar-refractivity contribution in [3.05, 3.63) is 0 Å². The summed E-state index contributed by atoms with van der Waals surface area (Å²) < 4.78 is 1.27. The third-order valence-corrected chi connectivity index (χ3v) is 9.26. The zero-order valence-corrected chi connectivity index (χ0v) is 28.1. The Morgan fingerprint density at radius 3 is 0.744 bits per heavy atom. The van der Waals surface area contributed by atoms with Crippen LogP contribution in [0.4, 0.5) is 0 Å². The summed E-state index contributed by atoms with van der Waals surface area (Å²) >= 11 is 0. The van der Waals surface area contributed by atoms with Gasteiger partial charge in [0.15, 0.2) is 0 Å². The van der Waals surface area contributed by atoms with Gasteiger partial charge in [-0.05, 0) is 32.2 Å². The molecule has 1 atom stereocenters. The van der Waals surface area contributed by atoms with E-state index in [-0.39, 0.29) is 0 Å². The Hall–Kier alpha value is -0.0800. The lowest BCUT2D eigenvalue weighted by molar-refractivity contribution is -0.910. The van der Waals surface area contributed by atoms with Crippen LogP contribution < -0.4 is 5.73 Å². The van der Waals surface area contributed by atoms with E-state index in [0.717, 1.165) is 6.54 Å². The first-order valence-electron chi connectivity index (χ1n) is 18.7. The van der Waals surface area contributed by atoms with Crippen LogP contribution in [0.25, 0.3) is 0 Å². The molecule has 0 spiro atoms. The molecule has 1 unspecified atom stereocenters. The minimum Gasteiger partial charge on any atom is -0.330 e. The SMILES string of the molecule is CCCCCCCCCCCCCCCCCCC[N+](C)(CCCN)CCCCCCCCCCCCCC. The van der Waals surface area contributed by atoms with E-state index in [2.05, 4.69) is 20.9 Å². The Labute approximate surface area is 249 Å². The first-order valence-corrected chi connectivity index (χ1v) is 18.7. The first kappa shape index (κ1) is 38.9. The topological polar surface area (TPSA) is 26.0 Å². The van der Waals surface area contributed by atoms with Crippen LogP contribution in [0.5, 0.6) is 0 Å². The van der Waals surface area contributed by atoms with Crippen LogP contribution in [0, 0.1) is 0 Å². The average Bonchev–Trinajstić information content (AvgIpc) is 2.94. The fourth-order valence-corrected chi connectivity index (χ4v) is 6.36. The van der Waals surface area contributed by atoms with E-state index in [1.165, 1.54) is 217 Å². The van der Waals surface area contributed by atoms with Crippen molar-refractivity contribution in [1.29, 1.82) is 0 Å². The van der Waals surface area contributed by atoms with Crippen molar-refractivity contribution < 1.29 is 4.48 Å². The van der Waals surface area contributed by atoms with Crippen LogP contribution in [0.15, 0.2) is 0 Å². The lowest BCUT2D eigenvalue weighted by Crippen LogP contribution is -2.46. The molecule has 0 aliphatic carbocycles. The molecular formula is C37H79N2+. The van der Waals surface area contributed by atoms with Crippen LogP contribution in [0.2, 0.25) is 0 Å². The summed E-state index contributed by atoms with van der Waals surface area (Å²) in [7, 11) is 2.51. The van der Waals surface area contributed by atoms with Gasteiger partial charge in [-0.1, -0.05) is 174 Å². The predicted molar refractivity (Wildman–Crippen MR) is 180 cm³/mol. The quantitative estimate of drug-likeness (QED) is 0.0624. The van der Waals surface area contributed by atoms with Gasteiger partial charge in [0.1, 0.15) is 0 Å². The summed E-state index contributed by atoms with van der Waals surface area (Å²) in [5, 5.41) is 0. The fourth-order valence-electron chi connectivity index (χ4n) is 6.36. The van der Waals surface area contributed by atoms with E-state index in [9.17, 15) is 0 Å². The Morgan fingerprint density at radius 2 is 0.513 bits per heavy atom. The maximum absolute atomic E-state index is 5.89. The van der Waals surface area contributed by atoms with Crippen molar-refractivity contribution in [2.45, 2.75) is 206 Å². The van der Waals surface area contributed by atoms with E-state index in [1.807, 2.05) is 0 Å². The van der Waals surface area contributed by atoms with Crippen LogP contribution in [-0.4, -0.2) is 37.7 Å². The third kappa shape index (κ3) is 30.7. The van der Waals surface area contributed by atoms with E-state index in [0.29, 0.717) is 0 Å². The highest BCUT2D eigenvalue weighted by Gasteiger charge is 2.19. The summed E-state index contributed by atoms with van der Waals surface area (Å²) in [6.07, 6.45) is 43.3. The third-order valence-electron chi connectivity index (χ3n) is 9.26. The van der Waals surface area contributed by atoms with Gasteiger partial charge >= 0.3 is 0 Å². The highest BCUT2D eigenvalue weighted by Crippen LogP contribution is 2.17. The molecule has 0 aliphatic rings. The smallest absolute Gasteiger partial charge is 0.0796 e. The van der Waals surface area contributed by atoms with Gasteiger partial charge in [-0.2, -0.15) is 0 Å². The van der Waals surface area contributed by atoms with Crippen LogP contribution in [0.3, 0.4) is 0 Å². The Morgan fingerprint density at radius 1 is 0.308 bits per heavy atom. The van der Waals surface area contributed by atoms with Crippen molar-refractivity contribution in [3.63, 3.8) is 0 Å². The summed E-state index contributed by atoms with van der Waals surface area (Å²) in [5.74, 6) is 0. The molecule has 0 radical (unpaired) electrons. The minimum atomic E-state index is 0.853. The predicted octanol–water partition coefficient (Wildman–Crippen LogP) is 12.1. The summed E-state index contributed by atoms with van der Waals surface area (Å²) in [4.78, 5) is 0. The Bertz CT molecular complexity index is 437. The van der Waals surface area contributed by atoms with Crippen molar-refractivity contribution in [1.82, 2.24) is 0 Å². The maximum Gasteiger partial charge on any atom is 0.0796 e. The van der Waals surface area contributed by atoms with Crippen LogP contribution in [-0.2, 0) is 0 Å². The van der Waals surface area contributed by atoms with Gasteiger partial charge in [0.2, 0.25) is 0 Å². The summed E-state index contributed by atoms with van der Waals surface area (Å²) in [5.41, 5.74) is 5.89. The molecule has 39 heavy (non-hydrogen) atoms. The molecular weight excluding hydrogens is 472 g/mol. The van der Waals surface area contributed by atoms with Crippen molar-refractivity contribution in [2.75, 3.05) is 33.2 Å². The zero-order valence-electron chi connectivity index (χ0n) is 28.1. The van der Waals surface area contributed by atoms with Crippen molar-refractivity contribution in [3.8, 4) is 0 Å². The standard InChI is InChI=1S/C37H79N2/c1-4-6-8-10-12-14-16-18-19-20-21-22-24-26-28-30-32-36-39(3,37-33-34-38)35-31-29-27-25-23-17-15-13-11-9-7-5-2/h4-38H2,1-3H3/q+1. The molecule has 0 rings (SSSR count). The van der Waals surface area contributed by atoms with Gasteiger partial charge in [0, 0.05) is 6.42 Å². The van der Waals surface area contributed by atoms with Gasteiger partial charge in [0.25, 0.3) is 0 Å². The number of rotatable bonds is 34. The van der Waals surface area contributed by atoms with Gasteiger partial charge in [-0.25, -0.2) is 0 Å². The number of quaternary nitrogens is 1. The van der Waals surface area contributed by atoms with Gasteiger partial charge < -0.3 is 10.2 Å². The van der Waals surface area contributed by atoms with Gasteiger partial charge in [-0.3, -0.25) is 0 Å². The Kier molecular flexibility index (Phi) is 32.4.